The monoisotopic (exact) mass is 230 g/mol. The first-order chi connectivity index (χ1) is 8.18. The first kappa shape index (κ1) is 11.9. The zero-order chi connectivity index (χ0) is 12.3. The Balaban J connectivity index is 2.37. The van der Waals surface area contributed by atoms with Crippen LogP contribution < -0.4 is 4.90 Å². The van der Waals surface area contributed by atoms with Crippen molar-refractivity contribution in [3.8, 4) is 6.07 Å². The van der Waals surface area contributed by atoms with Crippen LogP contribution in [-0.4, -0.2) is 27.3 Å². The van der Waals surface area contributed by atoms with Crippen molar-refractivity contribution in [3.63, 3.8) is 0 Å². The maximum atomic E-state index is 9.51. The Morgan fingerprint density at radius 1 is 1.29 bits per heavy atom. The molecule has 0 amide bonds. The summed E-state index contributed by atoms with van der Waals surface area (Å²) in [6, 6.07) is 10.8. The molecule has 1 aliphatic rings. The molecular weight excluding hydrogens is 212 g/mol. The third kappa shape index (κ3) is 2.27. The van der Waals surface area contributed by atoms with Crippen molar-refractivity contribution in [1.29, 1.82) is 5.26 Å². The summed E-state index contributed by atoms with van der Waals surface area (Å²) in [6.07, 6.45) is 1.58. The van der Waals surface area contributed by atoms with E-state index in [1.54, 1.807) is 0 Å². The summed E-state index contributed by atoms with van der Waals surface area (Å²) in [5.41, 5.74) is 1.91. The van der Waals surface area contributed by atoms with Gasteiger partial charge in [-0.25, -0.2) is 0 Å². The van der Waals surface area contributed by atoms with Crippen molar-refractivity contribution < 1.29 is 4.74 Å². The normalized spacial score (nSPS) is 18.4. The molecule has 0 atom stereocenters. The standard InChI is InChI=1S/C14H18N2O/c1-16(2)13-5-3-4-12(10-13)14(11-15)6-8-17-9-7-14/h3-5,10H,6-9H2,1-2H3. The number of anilines is 1. The number of rotatable bonds is 2. The van der Waals surface area contributed by atoms with E-state index in [4.69, 9.17) is 4.74 Å². The van der Waals surface area contributed by atoms with Gasteiger partial charge in [-0.3, -0.25) is 0 Å². The molecule has 0 unspecified atom stereocenters. The molecule has 17 heavy (non-hydrogen) atoms. The maximum Gasteiger partial charge on any atom is 0.0866 e. The molecule has 0 aliphatic carbocycles. The van der Waals surface area contributed by atoms with Crippen molar-refractivity contribution >= 4 is 5.69 Å². The molecule has 0 radical (unpaired) electrons. The van der Waals surface area contributed by atoms with Gasteiger partial charge in [-0.05, 0) is 30.5 Å². The van der Waals surface area contributed by atoms with Gasteiger partial charge in [0.25, 0.3) is 0 Å². The van der Waals surface area contributed by atoms with Gasteiger partial charge in [-0.2, -0.15) is 5.26 Å². The van der Waals surface area contributed by atoms with Crippen LogP contribution in [0.5, 0.6) is 0 Å². The first-order valence-electron chi connectivity index (χ1n) is 5.95. The molecule has 0 aromatic heterocycles. The van der Waals surface area contributed by atoms with Crippen molar-refractivity contribution in [2.75, 3.05) is 32.2 Å². The Kier molecular flexibility index (Phi) is 3.35. The van der Waals surface area contributed by atoms with Crippen molar-refractivity contribution in [2.45, 2.75) is 18.3 Å². The van der Waals surface area contributed by atoms with Crippen molar-refractivity contribution in [3.05, 3.63) is 29.8 Å². The minimum absolute atomic E-state index is 0.357. The molecule has 1 saturated heterocycles. The summed E-state index contributed by atoms with van der Waals surface area (Å²) in [7, 11) is 4.03. The quantitative estimate of drug-likeness (QED) is 0.782. The zero-order valence-corrected chi connectivity index (χ0v) is 10.4. The number of ether oxygens (including phenoxy) is 1. The molecule has 1 fully saturated rings. The molecule has 2 rings (SSSR count). The highest BCUT2D eigenvalue weighted by molar-refractivity contribution is 5.50. The summed E-state index contributed by atoms with van der Waals surface area (Å²) < 4.78 is 5.36. The molecule has 0 N–H and O–H groups in total. The number of benzene rings is 1. The summed E-state index contributed by atoms with van der Waals surface area (Å²) in [5.74, 6) is 0. The predicted molar refractivity (Wildman–Crippen MR) is 68.1 cm³/mol. The van der Waals surface area contributed by atoms with Gasteiger partial charge in [-0.1, -0.05) is 12.1 Å². The van der Waals surface area contributed by atoms with Crippen LogP contribution in [0.4, 0.5) is 5.69 Å². The highest BCUT2D eigenvalue weighted by atomic mass is 16.5. The lowest BCUT2D eigenvalue weighted by Gasteiger charge is -2.31. The van der Waals surface area contributed by atoms with E-state index in [-0.39, 0.29) is 5.41 Å². The second-order valence-electron chi connectivity index (χ2n) is 4.75. The van der Waals surface area contributed by atoms with Crippen LogP contribution in [0.3, 0.4) is 0 Å². The van der Waals surface area contributed by atoms with Gasteiger partial charge in [0.05, 0.1) is 11.5 Å². The van der Waals surface area contributed by atoms with Gasteiger partial charge in [0.2, 0.25) is 0 Å². The molecule has 1 aromatic rings. The zero-order valence-electron chi connectivity index (χ0n) is 10.4. The topological polar surface area (TPSA) is 36.3 Å². The van der Waals surface area contributed by atoms with E-state index in [1.165, 1.54) is 0 Å². The molecular formula is C14H18N2O. The van der Waals surface area contributed by atoms with Crippen LogP contribution in [-0.2, 0) is 10.2 Å². The summed E-state index contributed by atoms with van der Waals surface area (Å²) in [4.78, 5) is 2.06. The number of hydrogen-bond acceptors (Lipinski definition) is 3. The van der Waals surface area contributed by atoms with E-state index in [9.17, 15) is 5.26 Å². The molecule has 90 valence electrons. The molecule has 1 heterocycles. The fourth-order valence-corrected chi connectivity index (χ4v) is 2.27. The van der Waals surface area contributed by atoms with Gasteiger partial charge in [-0.15, -0.1) is 0 Å². The van der Waals surface area contributed by atoms with Crippen molar-refractivity contribution in [2.24, 2.45) is 0 Å². The largest absolute Gasteiger partial charge is 0.381 e. The fraction of sp³-hybridized carbons (Fsp3) is 0.500. The number of nitriles is 1. The lowest BCUT2D eigenvalue weighted by Crippen LogP contribution is -2.32. The molecule has 3 nitrogen and oxygen atoms in total. The average molecular weight is 230 g/mol. The van der Waals surface area contributed by atoms with E-state index in [1.807, 2.05) is 20.2 Å². The fourth-order valence-electron chi connectivity index (χ4n) is 2.27. The summed E-state index contributed by atoms with van der Waals surface area (Å²) >= 11 is 0. The van der Waals surface area contributed by atoms with Gasteiger partial charge in [0.15, 0.2) is 0 Å². The minimum atomic E-state index is -0.357. The van der Waals surface area contributed by atoms with Crippen LogP contribution in [0.25, 0.3) is 0 Å². The highest BCUT2D eigenvalue weighted by Crippen LogP contribution is 2.35. The molecule has 0 spiro atoms. The first-order valence-corrected chi connectivity index (χ1v) is 5.95. The molecule has 0 bridgehead atoms. The third-order valence-corrected chi connectivity index (χ3v) is 3.48. The van der Waals surface area contributed by atoms with E-state index in [0.29, 0.717) is 13.2 Å². The molecule has 1 aromatic carbocycles. The number of hydrogen-bond donors (Lipinski definition) is 0. The number of nitrogens with zero attached hydrogens (tertiary/aromatic N) is 2. The SMILES string of the molecule is CN(C)c1cccc(C2(C#N)CCOCC2)c1. The third-order valence-electron chi connectivity index (χ3n) is 3.48. The van der Waals surface area contributed by atoms with Crippen LogP contribution in [0.1, 0.15) is 18.4 Å². The average Bonchev–Trinajstić information content (AvgIpc) is 2.39. The Morgan fingerprint density at radius 2 is 2.00 bits per heavy atom. The van der Waals surface area contributed by atoms with Crippen LogP contribution in [0.15, 0.2) is 24.3 Å². The lowest BCUT2D eigenvalue weighted by atomic mass is 9.75. The van der Waals surface area contributed by atoms with E-state index in [0.717, 1.165) is 24.1 Å². The van der Waals surface area contributed by atoms with Crippen LogP contribution in [0, 0.1) is 11.3 Å². The highest BCUT2D eigenvalue weighted by Gasteiger charge is 2.34. The predicted octanol–water partition coefficient (Wildman–Crippen LogP) is 2.32. The van der Waals surface area contributed by atoms with Gasteiger partial charge >= 0.3 is 0 Å². The Labute approximate surface area is 103 Å². The van der Waals surface area contributed by atoms with Crippen LogP contribution in [0.2, 0.25) is 0 Å². The van der Waals surface area contributed by atoms with Crippen molar-refractivity contribution in [1.82, 2.24) is 0 Å². The second-order valence-corrected chi connectivity index (χ2v) is 4.75. The molecule has 3 heteroatoms. The van der Waals surface area contributed by atoms with Crippen LogP contribution >= 0.6 is 0 Å². The second kappa shape index (κ2) is 4.77. The smallest absolute Gasteiger partial charge is 0.0866 e. The van der Waals surface area contributed by atoms with E-state index < -0.39 is 0 Å². The summed E-state index contributed by atoms with van der Waals surface area (Å²) in [6.45, 7) is 1.36. The van der Waals surface area contributed by atoms with Gasteiger partial charge in [0, 0.05) is 33.0 Å². The summed E-state index contributed by atoms with van der Waals surface area (Å²) in [5, 5.41) is 9.51. The van der Waals surface area contributed by atoms with Gasteiger partial charge in [0.1, 0.15) is 0 Å². The molecule has 1 aliphatic heterocycles. The Bertz CT molecular complexity index is 428. The Hall–Kier alpha value is -1.53. The lowest BCUT2D eigenvalue weighted by molar-refractivity contribution is 0.0675. The van der Waals surface area contributed by atoms with E-state index >= 15 is 0 Å². The minimum Gasteiger partial charge on any atom is -0.381 e. The Morgan fingerprint density at radius 3 is 2.59 bits per heavy atom. The maximum absolute atomic E-state index is 9.51. The van der Waals surface area contributed by atoms with Gasteiger partial charge < -0.3 is 9.64 Å². The van der Waals surface area contributed by atoms with E-state index in [2.05, 4.69) is 29.2 Å². The molecule has 0 saturated carbocycles.